The zero-order valence-electron chi connectivity index (χ0n) is 5.62. The molecule has 0 radical (unpaired) electrons. The second kappa shape index (κ2) is 8.72. The Morgan fingerprint density at radius 2 is 1.36 bits per heavy atom. The van der Waals surface area contributed by atoms with Crippen LogP contribution in [0.25, 0.3) is 0 Å². The Hall–Kier alpha value is -1.28. The van der Waals surface area contributed by atoms with Crippen LogP contribution in [0.5, 0.6) is 0 Å². The van der Waals surface area contributed by atoms with Crippen molar-refractivity contribution in [3.8, 4) is 0 Å². The first kappa shape index (κ1) is 9.72. The van der Waals surface area contributed by atoms with Crippen molar-refractivity contribution in [2.75, 3.05) is 20.3 Å². The van der Waals surface area contributed by atoms with Crippen molar-refractivity contribution in [1.82, 2.24) is 0 Å². The molecule has 0 aromatic carbocycles. The van der Waals surface area contributed by atoms with E-state index < -0.39 is 13.6 Å². The molecule has 0 saturated heterocycles. The Morgan fingerprint density at radius 1 is 0.909 bits per heavy atom. The van der Waals surface area contributed by atoms with E-state index >= 15 is 0 Å². The second-order valence-corrected chi connectivity index (χ2v) is 1.10. The molecule has 0 heterocycles. The van der Waals surface area contributed by atoms with Gasteiger partial charge in [-0.2, -0.15) is 0 Å². The molecule has 0 aliphatic rings. The molecule has 0 aliphatic heterocycles. The predicted octanol–water partition coefficient (Wildman–Crippen LogP) is -0.389. The van der Waals surface area contributed by atoms with Crippen LogP contribution in [-0.2, 0) is 9.68 Å². The van der Waals surface area contributed by atoms with E-state index in [9.17, 15) is 0 Å². The molecule has 0 aromatic heterocycles. The zero-order chi connectivity index (χ0) is 8.36. The third kappa shape index (κ3) is 8.72. The molecule has 0 atom stereocenters. The van der Waals surface area contributed by atoms with Crippen LogP contribution in [-0.4, -0.2) is 30.5 Å². The highest BCUT2D eigenvalue weighted by Gasteiger charge is 1.75. The molecular formula is C3H8N4O4. The number of aliphatic hydroxyl groups excluding tert-OH is 2. The van der Waals surface area contributed by atoms with E-state index in [-0.39, 0.29) is 6.67 Å². The van der Waals surface area contributed by atoms with Crippen molar-refractivity contribution in [2.45, 2.75) is 0 Å². The fraction of sp³-hybridized carbons (Fsp3) is 1.00. The smallest absolute Gasteiger partial charge is 0.215 e. The van der Waals surface area contributed by atoms with Crippen molar-refractivity contribution in [3.63, 3.8) is 0 Å². The molecule has 8 heteroatoms. The standard InChI is InChI=1S/C3H8N4O4/c8-2-10-6-4-1-5-7-11-3-9/h8-9H,1-3H2. The Balaban J connectivity index is 3.11. The Morgan fingerprint density at radius 3 is 1.73 bits per heavy atom. The van der Waals surface area contributed by atoms with Gasteiger partial charge in [0, 0.05) is 10.6 Å². The third-order valence-electron chi connectivity index (χ3n) is 0.473. The number of hydrogen-bond donors (Lipinski definition) is 2. The number of aliphatic hydroxyl groups is 2. The first-order chi connectivity index (χ1) is 5.41. The lowest BCUT2D eigenvalue weighted by Crippen LogP contribution is -1.83. The van der Waals surface area contributed by atoms with Crippen LogP contribution in [0.4, 0.5) is 0 Å². The molecule has 0 aromatic rings. The van der Waals surface area contributed by atoms with Crippen LogP contribution < -0.4 is 0 Å². The molecule has 0 unspecified atom stereocenters. The topological polar surface area (TPSA) is 108 Å². The third-order valence-corrected chi connectivity index (χ3v) is 0.473. The van der Waals surface area contributed by atoms with E-state index in [0.29, 0.717) is 0 Å². The van der Waals surface area contributed by atoms with Gasteiger partial charge in [-0.3, -0.25) is 0 Å². The summed E-state index contributed by atoms with van der Waals surface area (Å²) in [6.45, 7) is -1.15. The van der Waals surface area contributed by atoms with Gasteiger partial charge in [0.1, 0.15) is 0 Å². The van der Waals surface area contributed by atoms with Crippen LogP contribution in [0.2, 0.25) is 0 Å². The molecule has 0 bridgehead atoms. The van der Waals surface area contributed by atoms with E-state index in [1.54, 1.807) is 0 Å². The molecule has 11 heavy (non-hydrogen) atoms. The lowest BCUT2D eigenvalue weighted by molar-refractivity contribution is -0.0136. The zero-order valence-corrected chi connectivity index (χ0v) is 5.62. The first-order valence-corrected chi connectivity index (χ1v) is 2.61. The highest BCUT2D eigenvalue weighted by molar-refractivity contribution is 4.20. The van der Waals surface area contributed by atoms with Crippen LogP contribution in [0.3, 0.4) is 0 Å². The molecule has 0 aliphatic carbocycles. The van der Waals surface area contributed by atoms with Gasteiger partial charge in [-0.15, -0.1) is 10.2 Å². The average molecular weight is 164 g/mol. The minimum atomic E-state index is -0.534. The fourth-order valence-electron chi connectivity index (χ4n) is 0.213. The number of hydrogen-bond acceptors (Lipinski definition) is 8. The van der Waals surface area contributed by atoms with Gasteiger partial charge in [0.15, 0.2) is 6.67 Å². The van der Waals surface area contributed by atoms with Crippen LogP contribution in [0, 0.1) is 0 Å². The van der Waals surface area contributed by atoms with Gasteiger partial charge in [-0.05, 0) is 0 Å². The molecule has 8 nitrogen and oxygen atoms in total. The van der Waals surface area contributed by atoms with Gasteiger partial charge in [0.2, 0.25) is 13.6 Å². The largest absolute Gasteiger partial charge is 0.359 e. The minimum absolute atomic E-state index is 0.0833. The molecule has 0 rings (SSSR count). The molecule has 0 spiro atoms. The normalized spacial score (nSPS) is 11.1. The molecule has 0 saturated carbocycles. The Bertz CT molecular complexity index is 113. The van der Waals surface area contributed by atoms with Crippen molar-refractivity contribution in [3.05, 3.63) is 0 Å². The van der Waals surface area contributed by atoms with E-state index in [1.165, 1.54) is 0 Å². The maximum Gasteiger partial charge on any atom is 0.215 e. The highest BCUT2D eigenvalue weighted by atomic mass is 16.7. The lowest BCUT2D eigenvalue weighted by atomic mass is 11.2. The summed E-state index contributed by atoms with van der Waals surface area (Å²) in [5.74, 6) is 0. The summed E-state index contributed by atoms with van der Waals surface area (Å²) in [5.41, 5.74) is 0. The van der Waals surface area contributed by atoms with Crippen LogP contribution in [0.1, 0.15) is 0 Å². The lowest BCUT2D eigenvalue weighted by Gasteiger charge is -1.87. The summed E-state index contributed by atoms with van der Waals surface area (Å²) in [7, 11) is 0. The van der Waals surface area contributed by atoms with Crippen molar-refractivity contribution in [1.29, 1.82) is 0 Å². The van der Waals surface area contributed by atoms with Gasteiger partial charge < -0.3 is 19.9 Å². The summed E-state index contributed by atoms with van der Waals surface area (Å²) in [6, 6.07) is 0. The minimum Gasteiger partial charge on any atom is -0.359 e. The number of rotatable bonds is 6. The highest BCUT2D eigenvalue weighted by Crippen LogP contribution is 1.81. The summed E-state index contributed by atoms with van der Waals surface area (Å²) in [6.07, 6.45) is 0. The fourth-order valence-corrected chi connectivity index (χ4v) is 0.213. The molecule has 2 N–H and O–H groups in total. The monoisotopic (exact) mass is 164 g/mol. The van der Waals surface area contributed by atoms with E-state index in [0.717, 1.165) is 0 Å². The first-order valence-electron chi connectivity index (χ1n) is 2.61. The van der Waals surface area contributed by atoms with E-state index in [1.807, 2.05) is 0 Å². The summed E-state index contributed by atoms with van der Waals surface area (Å²) < 4.78 is 0. The Labute approximate surface area is 62.1 Å². The summed E-state index contributed by atoms with van der Waals surface area (Å²) >= 11 is 0. The number of nitrogens with zero attached hydrogens (tertiary/aromatic N) is 4. The Kier molecular flexibility index (Phi) is 7.71. The van der Waals surface area contributed by atoms with Crippen molar-refractivity contribution >= 4 is 0 Å². The molecule has 64 valence electrons. The molecule has 0 amide bonds. The summed E-state index contributed by atoms with van der Waals surface area (Å²) in [4.78, 5) is 8.12. The maximum atomic E-state index is 8.02. The van der Waals surface area contributed by atoms with Gasteiger partial charge >= 0.3 is 0 Å². The molecule has 0 fully saturated rings. The van der Waals surface area contributed by atoms with Crippen molar-refractivity contribution in [2.24, 2.45) is 20.8 Å². The van der Waals surface area contributed by atoms with Gasteiger partial charge in [-0.1, -0.05) is 0 Å². The molecular weight excluding hydrogens is 156 g/mol. The van der Waals surface area contributed by atoms with Gasteiger partial charge in [-0.25, -0.2) is 0 Å². The summed E-state index contributed by atoms with van der Waals surface area (Å²) in [5, 5.41) is 28.5. The quantitative estimate of drug-likeness (QED) is 0.316. The predicted molar refractivity (Wildman–Crippen MR) is 30.9 cm³/mol. The van der Waals surface area contributed by atoms with E-state index in [4.69, 9.17) is 10.2 Å². The van der Waals surface area contributed by atoms with Crippen molar-refractivity contribution < 1.29 is 19.9 Å². The van der Waals surface area contributed by atoms with Gasteiger partial charge in [0.25, 0.3) is 0 Å². The van der Waals surface area contributed by atoms with Crippen LogP contribution in [0.15, 0.2) is 20.8 Å². The SMILES string of the molecule is OCON=NCN=NOCO. The van der Waals surface area contributed by atoms with E-state index in [2.05, 4.69) is 30.5 Å². The maximum absolute atomic E-state index is 8.02. The van der Waals surface area contributed by atoms with Gasteiger partial charge in [0.05, 0.1) is 0 Å². The average Bonchev–Trinajstić information content (AvgIpc) is 2.03. The second-order valence-electron chi connectivity index (χ2n) is 1.10. The van der Waals surface area contributed by atoms with Crippen LogP contribution >= 0.6 is 0 Å².